The van der Waals surface area contributed by atoms with Gasteiger partial charge in [-0.25, -0.2) is 13.6 Å². The van der Waals surface area contributed by atoms with Crippen molar-refractivity contribution in [3.63, 3.8) is 0 Å². The summed E-state index contributed by atoms with van der Waals surface area (Å²) in [5, 5.41) is 6.52. The molecule has 23 heavy (non-hydrogen) atoms. The quantitative estimate of drug-likeness (QED) is 0.783. The van der Waals surface area contributed by atoms with E-state index in [0.717, 1.165) is 0 Å². The van der Waals surface area contributed by atoms with Crippen molar-refractivity contribution in [2.45, 2.75) is 31.7 Å². The Morgan fingerprint density at radius 3 is 3.00 bits per heavy atom. The minimum absolute atomic E-state index is 0.104. The highest BCUT2D eigenvalue weighted by Gasteiger charge is 2.47. The zero-order valence-electron chi connectivity index (χ0n) is 12.6. The number of benzene rings is 1. The molecule has 0 bridgehead atoms. The zero-order chi connectivity index (χ0) is 16.6. The van der Waals surface area contributed by atoms with E-state index >= 15 is 0 Å². The highest BCUT2D eigenvalue weighted by Crippen LogP contribution is 2.37. The van der Waals surface area contributed by atoms with Gasteiger partial charge < -0.3 is 4.74 Å². The van der Waals surface area contributed by atoms with Crippen LogP contribution < -0.4 is 0 Å². The first-order valence-corrected chi connectivity index (χ1v) is 7.80. The van der Waals surface area contributed by atoms with Crippen LogP contribution in [0.15, 0.2) is 17.2 Å². The summed E-state index contributed by atoms with van der Waals surface area (Å²) in [6, 6.07) is 2.84. The van der Waals surface area contributed by atoms with Gasteiger partial charge in [0.2, 0.25) is 5.69 Å². The molecule has 0 aliphatic carbocycles. The SMILES string of the molecule is [C-]#[N+]c1ccc(C2=NN3CC[C@@H](F)[C@H]3[C@@H]2OCCF)c(C)c1Cl. The third kappa shape index (κ3) is 2.68. The van der Waals surface area contributed by atoms with Crippen molar-refractivity contribution in [2.24, 2.45) is 5.10 Å². The molecule has 2 aliphatic heterocycles. The first-order chi connectivity index (χ1) is 11.1. The van der Waals surface area contributed by atoms with E-state index in [1.807, 2.05) is 0 Å². The van der Waals surface area contributed by atoms with E-state index in [9.17, 15) is 8.78 Å². The molecule has 1 aromatic rings. The Morgan fingerprint density at radius 1 is 1.52 bits per heavy atom. The number of hydrazone groups is 1. The van der Waals surface area contributed by atoms with Gasteiger partial charge in [0.05, 0.1) is 23.9 Å². The number of ether oxygens (including phenoxy) is 1. The largest absolute Gasteiger partial charge is 0.367 e. The molecule has 122 valence electrons. The second-order valence-corrected chi connectivity index (χ2v) is 5.98. The van der Waals surface area contributed by atoms with Crippen LogP contribution in [0.1, 0.15) is 17.5 Å². The molecule has 1 aromatic carbocycles. The van der Waals surface area contributed by atoms with Crippen LogP contribution in [-0.2, 0) is 4.74 Å². The Kier molecular flexibility index (Phi) is 4.51. The highest BCUT2D eigenvalue weighted by atomic mass is 35.5. The number of hydrogen-bond acceptors (Lipinski definition) is 3. The maximum atomic E-state index is 14.2. The molecule has 0 radical (unpaired) electrons. The van der Waals surface area contributed by atoms with E-state index in [-0.39, 0.29) is 6.61 Å². The summed E-state index contributed by atoms with van der Waals surface area (Å²) < 4.78 is 32.3. The van der Waals surface area contributed by atoms with Crippen LogP contribution in [0.25, 0.3) is 4.85 Å². The minimum Gasteiger partial charge on any atom is -0.367 e. The van der Waals surface area contributed by atoms with Crippen molar-refractivity contribution < 1.29 is 13.5 Å². The van der Waals surface area contributed by atoms with E-state index in [1.165, 1.54) is 0 Å². The van der Waals surface area contributed by atoms with Gasteiger partial charge >= 0.3 is 0 Å². The van der Waals surface area contributed by atoms with Gasteiger partial charge in [0, 0.05) is 12.1 Å². The predicted molar refractivity (Wildman–Crippen MR) is 84.7 cm³/mol. The molecule has 3 rings (SSSR count). The van der Waals surface area contributed by atoms with Gasteiger partial charge in [-0.3, -0.25) is 5.01 Å². The molecule has 2 heterocycles. The molecule has 0 spiro atoms. The number of fused-ring (bicyclic) bond motifs is 1. The van der Waals surface area contributed by atoms with Crippen LogP contribution in [0.3, 0.4) is 0 Å². The molecule has 2 aliphatic rings. The molecule has 1 saturated heterocycles. The molecule has 0 saturated carbocycles. The molecule has 1 fully saturated rings. The van der Waals surface area contributed by atoms with Crippen LogP contribution >= 0.6 is 11.6 Å². The van der Waals surface area contributed by atoms with Crippen LogP contribution in [0.2, 0.25) is 5.02 Å². The maximum Gasteiger partial charge on any atom is 0.205 e. The number of halogens is 3. The summed E-state index contributed by atoms with van der Waals surface area (Å²) >= 11 is 6.22. The topological polar surface area (TPSA) is 29.2 Å². The number of nitrogens with zero attached hydrogens (tertiary/aromatic N) is 3. The van der Waals surface area contributed by atoms with Gasteiger partial charge in [-0.05, 0) is 18.9 Å². The normalized spacial score (nSPS) is 26.1. The minimum atomic E-state index is -1.06. The van der Waals surface area contributed by atoms with Crippen molar-refractivity contribution >= 4 is 23.0 Å². The molecular formula is C16H16ClF2N3O. The predicted octanol–water partition coefficient (Wildman–Crippen LogP) is 3.68. The number of rotatable bonds is 4. The summed E-state index contributed by atoms with van der Waals surface area (Å²) in [5.74, 6) is 0. The average Bonchev–Trinajstić information content (AvgIpc) is 3.08. The second kappa shape index (κ2) is 6.42. The first-order valence-electron chi connectivity index (χ1n) is 7.42. The van der Waals surface area contributed by atoms with Crippen LogP contribution in [0.5, 0.6) is 0 Å². The lowest BCUT2D eigenvalue weighted by atomic mass is 9.95. The van der Waals surface area contributed by atoms with E-state index in [4.69, 9.17) is 22.9 Å². The molecule has 4 nitrogen and oxygen atoms in total. The lowest BCUT2D eigenvalue weighted by molar-refractivity contribution is 0.0305. The molecule has 0 unspecified atom stereocenters. The summed E-state index contributed by atoms with van der Waals surface area (Å²) in [7, 11) is 0. The van der Waals surface area contributed by atoms with Gasteiger partial charge in [0.25, 0.3) is 0 Å². The Balaban J connectivity index is 2.00. The Bertz CT molecular complexity index is 689. The van der Waals surface area contributed by atoms with Crippen LogP contribution in [-0.4, -0.2) is 48.9 Å². The van der Waals surface area contributed by atoms with Gasteiger partial charge in [-0.15, -0.1) is 0 Å². The fourth-order valence-electron chi connectivity index (χ4n) is 3.17. The van der Waals surface area contributed by atoms with Crippen molar-refractivity contribution in [1.29, 1.82) is 0 Å². The Labute approximate surface area is 138 Å². The van der Waals surface area contributed by atoms with Gasteiger partial charge in [0.1, 0.15) is 25.0 Å². The van der Waals surface area contributed by atoms with Crippen LogP contribution in [0, 0.1) is 13.5 Å². The summed E-state index contributed by atoms with van der Waals surface area (Å²) in [6.45, 7) is 8.67. The number of hydrogen-bond donors (Lipinski definition) is 0. The van der Waals surface area contributed by atoms with E-state index in [0.29, 0.717) is 40.5 Å². The first kappa shape index (κ1) is 16.2. The second-order valence-electron chi connectivity index (χ2n) is 5.61. The Morgan fingerprint density at radius 2 is 2.30 bits per heavy atom. The fourth-order valence-corrected chi connectivity index (χ4v) is 3.38. The van der Waals surface area contributed by atoms with E-state index < -0.39 is 25.0 Å². The highest BCUT2D eigenvalue weighted by molar-refractivity contribution is 6.34. The van der Waals surface area contributed by atoms with Gasteiger partial charge in [-0.2, -0.15) is 5.10 Å². The van der Waals surface area contributed by atoms with Crippen molar-refractivity contribution in [3.8, 4) is 0 Å². The van der Waals surface area contributed by atoms with Gasteiger partial charge in [0.15, 0.2) is 0 Å². The third-order valence-electron chi connectivity index (χ3n) is 4.30. The molecular weight excluding hydrogens is 324 g/mol. The smallest absolute Gasteiger partial charge is 0.205 e. The number of alkyl halides is 2. The maximum absolute atomic E-state index is 14.2. The standard InChI is InChI=1S/C16H16ClF2N3O/c1-9-10(3-4-12(20-2)13(9)17)14-16(23-8-6-18)15-11(19)5-7-22(15)21-14/h3-4,11,15-16H,5-8H2,1H3/t11-,15+,16-/m1/s1. The average molecular weight is 340 g/mol. The molecule has 0 aromatic heterocycles. The monoisotopic (exact) mass is 339 g/mol. The van der Waals surface area contributed by atoms with Crippen molar-refractivity contribution in [2.75, 3.05) is 19.8 Å². The lowest BCUT2D eigenvalue weighted by Gasteiger charge is -2.23. The van der Waals surface area contributed by atoms with Crippen molar-refractivity contribution in [1.82, 2.24) is 5.01 Å². The summed E-state index contributed by atoms with van der Waals surface area (Å²) in [4.78, 5) is 3.36. The Hall–Kier alpha value is -1.71. The lowest BCUT2D eigenvalue weighted by Crippen LogP contribution is -2.41. The third-order valence-corrected chi connectivity index (χ3v) is 4.78. The molecule has 3 atom stereocenters. The summed E-state index contributed by atoms with van der Waals surface area (Å²) in [6.07, 6.45) is -1.29. The zero-order valence-corrected chi connectivity index (χ0v) is 13.4. The fraction of sp³-hybridized carbons (Fsp3) is 0.500. The van der Waals surface area contributed by atoms with Crippen molar-refractivity contribution in [3.05, 3.63) is 39.7 Å². The van der Waals surface area contributed by atoms with E-state index in [1.54, 1.807) is 24.1 Å². The van der Waals surface area contributed by atoms with E-state index in [2.05, 4.69) is 9.95 Å². The van der Waals surface area contributed by atoms with Crippen LogP contribution in [0.4, 0.5) is 14.5 Å². The van der Waals surface area contributed by atoms with Gasteiger partial charge in [-0.1, -0.05) is 23.7 Å². The summed E-state index contributed by atoms with van der Waals surface area (Å²) in [5.41, 5.74) is 2.33. The molecule has 0 amide bonds. The molecule has 0 N–H and O–H groups in total. The molecule has 7 heteroatoms.